The SMILES string of the molecule is COC(=O)/C=C\S.[Ag]. The van der Waals surface area contributed by atoms with E-state index in [9.17, 15) is 4.79 Å². The molecule has 0 bridgehead atoms. The molecule has 8 heavy (non-hydrogen) atoms. The Hall–Kier alpha value is 0.300. The molecule has 0 aromatic heterocycles. The topological polar surface area (TPSA) is 26.3 Å². The summed E-state index contributed by atoms with van der Waals surface area (Å²) in [5.74, 6) is -0.380. The number of ether oxygens (including phenoxy) is 1. The number of carbonyl (C=O) groups excluding carboxylic acids is 1. The van der Waals surface area contributed by atoms with Crippen molar-refractivity contribution in [2.75, 3.05) is 7.11 Å². The van der Waals surface area contributed by atoms with E-state index in [1.54, 1.807) is 0 Å². The van der Waals surface area contributed by atoms with Crippen molar-refractivity contribution >= 4 is 18.6 Å². The minimum absolute atomic E-state index is 0. The fourth-order valence-electron chi connectivity index (χ4n) is 0.129. The van der Waals surface area contributed by atoms with Crippen molar-refractivity contribution in [2.24, 2.45) is 0 Å². The van der Waals surface area contributed by atoms with Crippen molar-refractivity contribution < 1.29 is 31.9 Å². The molecule has 0 N–H and O–H groups in total. The quantitative estimate of drug-likeness (QED) is 0.306. The summed E-state index contributed by atoms with van der Waals surface area (Å²) in [6, 6.07) is 0. The van der Waals surface area contributed by atoms with Crippen LogP contribution in [0.5, 0.6) is 0 Å². The van der Waals surface area contributed by atoms with Crippen LogP contribution in [0, 0.1) is 0 Å². The average molecular weight is 226 g/mol. The third-order valence-electron chi connectivity index (χ3n) is 0.412. The fourth-order valence-corrected chi connectivity index (χ4v) is 0.251. The summed E-state index contributed by atoms with van der Waals surface area (Å²) < 4.78 is 4.22. The van der Waals surface area contributed by atoms with Gasteiger partial charge in [-0.3, -0.25) is 0 Å². The molecule has 0 aliphatic carbocycles. The van der Waals surface area contributed by atoms with Crippen LogP contribution in [-0.2, 0) is 31.9 Å². The second kappa shape index (κ2) is 7.30. The third kappa shape index (κ3) is 6.30. The molecule has 2 nitrogen and oxygen atoms in total. The van der Waals surface area contributed by atoms with Crippen LogP contribution in [0.1, 0.15) is 0 Å². The van der Waals surface area contributed by atoms with E-state index in [-0.39, 0.29) is 28.3 Å². The molecule has 0 saturated heterocycles. The fraction of sp³-hybridized carbons (Fsp3) is 0.250. The first-order chi connectivity index (χ1) is 3.31. The minimum atomic E-state index is -0.380. The van der Waals surface area contributed by atoms with Crippen LogP contribution in [-0.4, -0.2) is 13.1 Å². The molecule has 0 unspecified atom stereocenters. The predicted octanol–water partition coefficient (Wildman–Crippen LogP) is 0.600. The van der Waals surface area contributed by atoms with E-state index in [1.807, 2.05) is 0 Å². The summed E-state index contributed by atoms with van der Waals surface area (Å²) in [5, 5.41) is 1.33. The zero-order valence-corrected chi connectivity index (χ0v) is 6.60. The molecule has 0 heterocycles. The molecule has 0 rings (SSSR count). The van der Waals surface area contributed by atoms with Crippen molar-refractivity contribution in [2.45, 2.75) is 0 Å². The number of hydrogen-bond acceptors (Lipinski definition) is 3. The number of carbonyl (C=O) groups is 1. The molecular weight excluding hydrogens is 220 g/mol. The van der Waals surface area contributed by atoms with E-state index in [1.165, 1.54) is 18.6 Å². The average Bonchev–Trinajstić information content (AvgIpc) is 1.68. The molecule has 0 amide bonds. The molecule has 0 fully saturated rings. The summed E-state index contributed by atoms with van der Waals surface area (Å²) >= 11 is 3.63. The zero-order chi connectivity index (χ0) is 5.70. The Balaban J connectivity index is 0. The number of esters is 1. The summed E-state index contributed by atoms with van der Waals surface area (Å²) in [4.78, 5) is 10.1. The predicted molar refractivity (Wildman–Crippen MR) is 30.1 cm³/mol. The Kier molecular flexibility index (Phi) is 10.2. The first kappa shape index (κ1) is 11.1. The van der Waals surface area contributed by atoms with E-state index >= 15 is 0 Å². The molecule has 51 valence electrons. The first-order valence-corrected chi connectivity index (χ1v) is 2.21. The maximum Gasteiger partial charge on any atom is 0.330 e. The molecule has 0 aromatic carbocycles. The van der Waals surface area contributed by atoms with Gasteiger partial charge >= 0.3 is 5.97 Å². The van der Waals surface area contributed by atoms with Gasteiger partial charge < -0.3 is 4.74 Å². The van der Waals surface area contributed by atoms with Crippen molar-refractivity contribution in [1.29, 1.82) is 0 Å². The van der Waals surface area contributed by atoms with Crippen molar-refractivity contribution in [3.63, 3.8) is 0 Å². The van der Waals surface area contributed by atoms with Gasteiger partial charge in [-0.2, -0.15) is 12.6 Å². The third-order valence-corrected chi connectivity index (χ3v) is 0.561. The number of methoxy groups -OCH3 is 1. The molecule has 1 radical (unpaired) electrons. The second-order valence-electron chi connectivity index (χ2n) is 0.839. The largest absolute Gasteiger partial charge is 0.466 e. The van der Waals surface area contributed by atoms with Crippen LogP contribution in [0.4, 0.5) is 0 Å². The molecule has 0 aliphatic rings. The molecule has 0 saturated carbocycles. The van der Waals surface area contributed by atoms with Gasteiger partial charge in [-0.1, -0.05) is 0 Å². The summed E-state index contributed by atoms with van der Waals surface area (Å²) in [7, 11) is 1.32. The molecule has 4 heteroatoms. The van der Waals surface area contributed by atoms with Crippen LogP contribution >= 0.6 is 12.6 Å². The summed E-state index contributed by atoms with van der Waals surface area (Å²) in [6.45, 7) is 0. The van der Waals surface area contributed by atoms with Gasteiger partial charge in [0.15, 0.2) is 0 Å². The molecule has 0 spiro atoms. The van der Waals surface area contributed by atoms with Crippen LogP contribution < -0.4 is 0 Å². The van der Waals surface area contributed by atoms with E-state index in [2.05, 4.69) is 17.4 Å². The second-order valence-corrected chi connectivity index (χ2v) is 1.14. The Morgan fingerprint density at radius 1 is 1.75 bits per heavy atom. The van der Waals surface area contributed by atoms with Gasteiger partial charge in [0, 0.05) is 28.5 Å². The van der Waals surface area contributed by atoms with Gasteiger partial charge in [0.05, 0.1) is 7.11 Å². The Morgan fingerprint density at radius 3 is 2.38 bits per heavy atom. The normalized spacial score (nSPS) is 8.25. The standard InChI is InChI=1S/C4H6O2S.Ag/c1-6-4(5)2-3-7;/h2-3,7H,1H3;/b3-2-;. The monoisotopic (exact) mass is 225 g/mol. The summed E-state index contributed by atoms with van der Waals surface area (Å²) in [6.07, 6.45) is 1.23. The number of hydrogen-bond donors (Lipinski definition) is 1. The van der Waals surface area contributed by atoms with Crippen LogP contribution in [0.2, 0.25) is 0 Å². The van der Waals surface area contributed by atoms with E-state index in [0.29, 0.717) is 0 Å². The van der Waals surface area contributed by atoms with Gasteiger partial charge in [0.2, 0.25) is 0 Å². The molecule has 0 aliphatic heterocycles. The molecular formula is C4H6AgO2S. The van der Waals surface area contributed by atoms with Gasteiger partial charge in [-0.05, 0) is 5.41 Å². The molecule has 0 atom stereocenters. The number of rotatable bonds is 1. The number of thiol groups is 1. The maximum atomic E-state index is 10.1. The van der Waals surface area contributed by atoms with Gasteiger partial charge in [0.25, 0.3) is 0 Å². The zero-order valence-electron chi connectivity index (χ0n) is 4.22. The Morgan fingerprint density at radius 2 is 2.25 bits per heavy atom. The smallest absolute Gasteiger partial charge is 0.330 e. The van der Waals surface area contributed by atoms with Gasteiger partial charge in [-0.15, -0.1) is 0 Å². The van der Waals surface area contributed by atoms with Gasteiger partial charge in [-0.25, -0.2) is 4.79 Å². The van der Waals surface area contributed by atoms with Crippen molar-refractivity contribution in [3.05, 3.63) is 11.5 Å². The van der Waals surface area contributed by atoms with E-state index in [4.69, 9.17) is 0 Å². The van der Waals surface area contributed by atoms with E-state index in [0.717, 1.165) is 0 Å². The molecule has 0 aromatic rings. The van der Waals surface area contributed by atoms with E-state index < -0.39 is 0 Å². The van der Waals surface area contributed by atoms with Crippen LogP contribution in [0.3, 0.4) is 0 Å². The Bertz CT molecular complexity index is 92.0. The Labute approximate surface area is 69.2 Å². The first-order valence-electron chi connectivity index (χ1n) is 1.70. The van der Waals surface area contributed by atoms with Crippen LogP contribution in [0.15, 0.2) is 11.5 Å². The minimum Gasteiger partial charge on any atom is -0.466 e. The van der Waals surface area contributed by atoms with Crippen molar-refractivity contribution in [1.82, 2.24) is 0 Å². The maximum absolute atomic E-state index is 10.1. The van der Waals surface area contributed by atoms with Crippen molar-refractivity contribution in [3.8, 4) is 0 Å². The summed E-state index contributed by atoms with van der Waals surface area (Å²) in [5.41, 5.74) is 0. The van der Waals surface area contributed by atoms with Crippen LogP contribution in [0.25, 0.3) is 0 Å². The van der Waals surface area contributed by atoms with Gasteiger partial charge in [0.1, 0.15) is 0 Å².